The molecule has 0 aliphatic carbocycles. The number of rotatable bonds is 5. The number of aryl methyl sites for hydroxylation is 1. The van der Waals surface area contributed by atoms with Crippen LogP contribution in [0.4, 0.5) is 0 Å². The maximum absolute atomic E-state index is 13.1. The van der Waals surface area contributed by atoms with Gasteiger partial charge in [-0.15, -0.1) is 0 Å². The molecule has 2 aliphatic heterocycles. The van der Waals surface area contributed by atoms with Gasteiger partial charge in [-0.3, -0.25) is 15.6 Å². The number of aromatic nitrogens is 1. The molecule has 7 heteroatoms. The zero-order valence-electron chi connectivity index (χ0n) is 15.8. The molecule has 1 amide bonds. The molecule has 1 aromatic heterocycles. The highest BCUT2D eigenvalue weighted by Gasteiger charge is 2.42. The van der Waals surface area contributed by atoms with E-state index in [2.05, 4.69) is 16.0 Å². The maximum Gasteiger partial charge on any atom is 0.227 e. The van der Waals surface area contributed by atoms with Crippen molar-refractivity contribution < 1.29 is 14.1 Å². The average Bonchev–Trinajstić information content (AvgIpc) is 3.41. The first kappa shape index (κ1) is 18.0. The van der Waals surface area contributed by atoms with Crippen LogP contribution in [-0.4, -0.2) is 48.2 Å². The largest absolute Gasteiger partial charge is 0.496 e. The molecule has 2 saturated heterocycles. The number of hydrogen-bond acceptors (Lipinski definition) is 6. The molecule has 7 nitrogen and oxygen atoms in total. The molecule has 4 rings (SSSR count). The van der Waals surface area contributed by atoms with Crippen molar-refractivity contribution in [2.24, 2.45) is 0 Å². The Kier molecular flexibility index (Phi) is 5.13. The minimum Gasteiger partial charge on any atom is -0.496 e. The summed E-state index contributed by atoms with van der Waals surface area (Å²) in [6.07, 6.45) is 2.36. The van der Waals surface area contributed by atoms with Crippen LogP contribution in [0.15, 0.2) is 34.9 Å². The van der Waals surface area contributed by atoms with Gasteiger partial charge in [-0.05, 0) is 25.8 Å². The summed E-state index contributed by atoms with van der Waals surface area (Å²) < 4.78 is 10.9. The van der Waals surface area contributed by atoms with Crippen LogP contribution in [-0.2, 0) is 11.2 Å². The van der Waals surface area contributed by atoms with E-state index in [1.807, 2.05) is 42.2 Å². The van der Waals surface area contributed by atoms with Gasteiger partial charge in [0.25, 0.3) is 0 Å². The number of benzene rings is 1. The number of hydrogen-bond donors (Lipinski definition) is 2. The standard InChI is InChI=1S/C20H26N4O3/c1-13-10-18(27-23-13)15-12-21-22-20(15)16-7-5-9-24(16)19(25)11-14-6-3-4-8-17(14)26-2/h3-4,6,8,10,15-16,20-22H,5,7,9,11-12H2,1-2H3. The summed E-state index contributed by atoms with van der Waals surface area (Å²) in [6, 6.07) is 9.95. The van der Waals surface area contributed by atoms with Crippen LogP contribution in [0.3, 0.4) is 0 Å². The summed E-state index contributed by atoms with van der Waals surface area (Å²) in [5, 5.41) is 4.03. The molecular weight excluding hydrogens is 344 g/mol. The highest BCUT2D eigenvalue weighted by Crippen LogP contribution is 2.32. The van der Waals surface area contributed by atoms with Gasteiger partial charge in [0.05, 0.1) is 31.2 Å². The summed E-state index contributed by atoms with van der Waals surface area (Å²) in [7, 11) is 1.64. The third-order valence-electron chi connectivity index (χ3n) is 5.60. The number of hydrazine groups is 1. The molecule has 1 aromatic carbocycles. The van der Waals surface area contributed by atoms with E-state index in [4.69, 9.17) is 9.26 Å². The number of amides is 1. The molecule has 0 bridgehead atoms. The highest BCUT2D eigenvalue weighted by atomic mass is 16.5. The normalized spacial score (nSPS) is 25.1. The number of carbonyl (C=O) groups excluding carboxylic acids is 1. The zero-order chi connectivity index (χ0) is 18.8. The molecule has 2 N–H and O–H groups in total. The minimum atomic E-state index is 0.112. The van der Waals surface area contributed by atoms with E-state index in [0.29, 0.717) is 6.42 Å². The molecule has 0 spiro atoms. The molecule has 3 unspecified atom stereocenters. The fourth-order valence-electron chi connectivity index (χ4n) is 4.30. The Hall–Kier alpha value is -2.38. The third kappa shape index (κ3) is 3.57. The van der Waals surface area contributed by atoms with Crippen molar-refractivity contribution in [2.45, 2.75) is 44.2 Å². The Morgan fingerprint density at radius 3 is 3.04 bits per heavy atom. The first-order valence-corrected chi connectivity index (χ1v) is 9.50. The van der Waals surface area contributed by atoms with Crippen molar-refractivity contribution in [3.8, 4) is 5.75 Å². The number of para-hydroxylation sites is 1. The molecule has 3 atom stereocenters. The van der Waals surface area contributed by atoms with Gasteiger partial charge in [-0.2, -0.15) is 0 Å². The topological polar surface area (TPSA) is 79.6 Å². The zero-order valence-corrected chi connectivity index (χ0v) is 15.8. The summed E-state index contributed by atoms with van der Waals surface area (Å²) in [5.74, 6) is 1.94. The Labute approximate surface area is 159 Å². The smallest absolute Gasteiger partial charge is 0.227 e. The minimum absolute atomic E-state index is 0.112. The summed E-state index contributed by atoms with van der Waals surface area (Å²) >= 11 is 0. The van der Waals surface area contributed by atoms with E-state index in [9.17, 15) is 4.79 Å². The summed E-state index contributed by atoms with van der Waals surface area (Å²) in [5.41, 5.74) is 8.42. The lowest BCUT2D eigenvalue weighted by Gasteiger charge is -2.31. The van der Waals surface area contributed by atoms with Crippen molar-refractivity contribution in [1.82, 2.24) is 20.9 Å². The second-order valence-electron chi connectivity index (χ2n) is 7.31. The second-order valence-corrected chi connectivity index (χ2v) is 7.31. The molecule has 0 saturated carbocycles. The number of carbonyl (C=O) groups is 1. The first-order valence-electron chi connectivity index (χ1n) is 9.50. The Morgan fingerprint density at radius 2 is 2.26 bits per heavy atom. The lowest BCUT2D eigenvalue weighted by atomic mass is 9.91. The van der Waals surface area contributed by atoms with Gasteiger partial charge in [-0.1, -0.05) is 23.4 Å². The second kappa shape index (κ2) is 7.70. The SMILES string of the molecule is COc1ccccc1CC(=O)N1CCCC1C1NNCC1c1cc(C)no1. The van der Waals surface area contributed by atoms with Crippen LogP contribution < -0.4 is 15.6 Å². The summed E-state index contributed by atoms with van der Waals surface area (Å²) in [6.45, 7) is 3.49. The van der Waals surface area contributed by atoms with E-state index in [1.54, 1.807) is 7.11 Å². The van der Waals surface area contributed by atoms with Crippen molar-refractivity contribution >= 4 is 5.91 Å². The molecule has 2 aromatic rings. The number of likely N-dealkylation sites (tertiary alicyclic amines) is 1. The predicted molar refractivity (Wildman–Crippen MR) is 100 cm³/mol. The van der Waals surface area contributed by atoms with Gasteiger partial charge in [0.2, 0.25) is 5.91 Å². The third-order valence-corrected chi connectivity index (χ3v) is 5.60. The van der Waals surface area contributed by atoms with Crippen LogP contribution in [0.1, 0.15) is 35.8 Å². The van der Waals surface area contributed by atoms with Gasteiger partial charge in [0.1, 0.15) is 11.5 Å². The monoisotopic (exact) mass is 370 g/mol. The number of nitrogens with one attached hydrogen (secondary N) is 2. The predicted octanol–water partition coefficient (Wildman–Crippen LogP) is 1.79. The van der Waals surface area contributed by atoms with Crippen molar-refractivity contribution in [1.29, 1.82) is 0 Å². The molecule has 2 aliphatic rings. The molecule has 144 valence electrons. The van der Waals surface area contributed by atoms with Gasteiger partial charge < -0.3 is 14.2 Å². The highest BCUT2D eigenvalue weighted by molar-refractivity contribution is 5.80. The maximum atomic E-state index is 13.1. The van der Waals surface area contributed by atoms with Crippen LogP contribution in [0.25, 0.3) is 0 Å². The van der Waals surface area contributed by atoms with E-state index in [1.165, 1.54) is 0 Å². The lowest BCUT2D eigenvalue weighted by molar-refractivity contribution is -0.131. The van der Waals surface area contributed by atoms with Crippen molar-refractivity contribution in [3.05, 3.63) is 47.3 Å². The molecule has 0 radical (unpaired) electrons. The van der Waals surface area contributed by atoms with Crippen LogP contribution >= 0.6 is 0 Å². The average molecular weight is 370 g/mol. The van der Waals surface area contributed by atoms with Gasteiger partial charge >= 0.3 is 0 Å². The molecule has 2 fully saturated rings. The van der Waals surface area contributed by atoms with E-state index >= 15 is 0 Å². The fourth-order valence-corrected chi connectivity index (χ4v) is 4.30. The fraction of sp³-hybridized carbons (Fsp3) is 0.500. The summed E-state index contributed by atoms with van der Waals surface area (Å²) in [4.78, 5) is 15.1. The van der Waals surface area contributed by atoms with Crippen LogP contribution in [0.2, 0.25) is 0 Å². The van der Waals surface area contributed by atoms with Crippen LogP contribution in [0, 0.1) is 6.92 Å². The quantitative estimate of drug-likeness (QED) is 0.835. The van der Waals surface area contributed by atoms with Crippen molar-refractivity contribution in [2.75, 3.05) is 20.2 Å². The molecule has 27 heavy (non-hydrogen) atoms. The number of ether oxygens (including phenoxy) is 1. The Morgan fingerprint density at radius 1 is 1.41 bits per heavy atom. The van der Waals surface area contributed by atoms with E-state index in [0.717, 1.165) is 48.7 Å². The Balaban J connectivity index is 1.50. The van der Waals surface area contributed by atoms with Gasteiger partial charge in [0, 0.05) is 30.8 Å². The van der Waals surface area contributed by atoms with E-state index < -0.39 is 0 Å². The van der Waals surface area contributed by atoms with Gasteiger partial charge in [-0.25, -0.2) is 0 Å². The van der Waals surface area contributed by atoms with Crippen LogP contribution in [0.5, 0.6) is 5.75 Å². The first-order chi connectivity index (χ1) is 13.2. The van der Waals surface area contributed by atoms with Gasteiger partial charge in [0.15, 0.2) is 0 Å². The Bertz CT molecular complexity index is 806. The molecular formula is C20H26N4O3. The van der Waals surface area contributed by atoms with Crippen molar-refractivity contribution in [3.63, 3.8) is 0 Å². The number of methoxy groups -OCH3 is 1. The lowest BCUT2D eigenvalue weighted by Crippen LogP contribution is -2.50. The molecule has 3 heterocycles. The number of nitrogens with zero attached hydrogens (tertiary/aromatic N) is 2. The van der Waals surface area contributed by atoms with E-state index in [-0.39, 0.29) is 23.9 Å².